The number of piperidine rings is 1. The number of amides is 1. The van der Waals surface area contributed by atoms with Crippen LogP contribution in [0.3, 0.4) is 0 Å². The van der Waals surface area contributed by atoms with Crippen LogP contribution in [-0.4, -0.2) is 61.8 Å². The van der Waals surface area contributed by atoms with Gasteiger partial charge < -0.3 is 13.8 Å². The van der Waals surface area contributed by atoms with E-state index in [4.69, 9.17) is 42.1 Å². The van der Waals surface area contributed by atoms with Crippen molar-refractivity contribution in [3.63, 3.8) is 0 Å². The highest BCUT2D eigenvalue weighted by molar-refractivity contribution is 7.53. The smallest absolute Gasteiger partial charge is 0.330 e. The van der Waals surface area contributed by atoms with Crippen LogP contribution >= 0.6 is 30.8 Å². The average molecular weight is 668 g/mol. The molecule has 0 spiro atoms. The molecule has 9 nitrogen and oxygen atoms in total. The van der Waals surface area contributed by atoms with Crippen LogP contribution in [-0.2, 0) is 23.1 Å². The standard InChI is InChI=1S/C32H45Cl2N4O5P/c1-5-42-44(40,43-6-2)19-9-18-41-22-27-10-7-8-17-37(27)36-32(39)29-21-31(25-13-11-24(12-14-25)23(3)4)38(35-29)30-16-15-26(33)20-28(30)34/h11-16,20,23,27,31H,5-10,17-19,21-22H2,1-4H3,(H,36,39). The van der Waals surface area contributed by atoms with Crippen LogP contribution in [0, 0.1) is 0 Å². The first kappa shape index (κ1) is 34.9. The quantitative estimate of drug-likeness (QED) is 0.152. The maximum absolute atomic E-state index is 13.6. The highest BCUT2D eigenvalue weighted by atomic mass is 35.5. The molecule has 0 radical (unpaired) electrons. The Morgan fingerprint density at radius 3 is 2.48 bits per heavy atom. The molecule has 0 bridgehead atoms. The summed E-state index contributed by atoms with van der Waals surface area (Å²) < 4.78 is 29.4. The number of carbonyl (C=O) groups is 1. The highest BCUT2D eigenvalue weighted by Gasteiger charge is 2.35. The van der Waals surface area contributed by atoms with Crippen molar-refractivity contribution in [1.29, 1.82) is 0 Å². The Bertz CT molecular complexity index is 1320. The maximum atomic E-state index is 13.6. The second kappa shape index (κ2) is 16.5. The summed E-state index contributed by atoms with van der Waals surface area (Å²) in [5.74, 6) is 0.183. The molecule has 1 N–H and O–H groups in total. The van der Waals surface area contributed by atoms with E-state index in [2.05, 4.69) is 43.5 Å². The summed E-state index contributed by atoms with van der Waals surface area (Å²) in [4.78, 5) is 13.6. The third-order valence-corrected chi connectivity index (χ3v) is 10.6. The van der Waals surface area contributed by atoms with E-state index in [-0.39, 0.29) is 18.0 Å². The molecule has 1 amide bonds. The normalized spacial score (nSPS) is 19.4. The van der Waals surface area contributed by atoms with Gasteiger partial charge in [-0.1, -0.05) is 67.7 Å². The summed E-state index contributed by atoms with van der Waals surface area (Å²) in [6.07, 6.45) is 4.25. The lowest BCUT2D eigenvalue weighted by Crippen LogP contribution is -2.54. The molecular formula is C32H45Cl2N4O5P. The lowest BCUT2D eigenvalue weighted by molar-refractivity contribution is -0.122. The van der Waals surface area contributed by atoms with E-state index >= 15 is 0 Å². The van der Waals surface area contributed by atoms with Crippen molar-refractivity contribution in [2.24, 2.45) is 5.10 Å². The Balaban J connectivity index is 1.41. The molecule has 2 atom stereocenters. The van der Waals surface area contributed by atoms with Crippen molar-refractivity contribution in [2.75, 3.05) is 44.1 Å². The molecule has 4 rings (SSSR count). The van der Waals surface area contributed by atoms with Crippen LogP contribution in [0.15, 0.2) is 47.6 Å². The Hall–Kier alpha value is -1.97. The van der Waals surface area contributed by atoms with Crippen molar-refractivity contribution >= 4 is 48.1 Å². The molecule has 12 heteroatoms. The van der Waals surface area contributed by atoms with Crippen LogP contribution in [0.5, 0.6) is 0 Å². The molecule has 2 heterocycles. The van der Waals surface area contributed by atoms with Crippen LogP contribution in [0.25, 0.3) is 0 Å². The fourth-order valence-corrected chi connectivity index (χ4v) is 7.69. The van der Waals surface area contributed by atoms with Crippen LogP contribution in [0.2, 0.25) is 10.0 Å². The Labute approximate surface area is 271 Å². The minimum Gasteiger partial charge on any atom is -0.380 e. The number of benzene rings is 2. The van der Waals surface area contributed by atoms with Crippen LogP contribution < -0.4 is 10.4 Å². The Morgan fingerprint density at radius 1 is 1.09 bits per heavy atom. The molecule has 242 valence electrons. The van der Waals surface area contributed by atoms with Gasteiger partial charge >= 0.3 is 7.60 Å². The highest BCUT2D eigenvalue weighted by Crippen LogP contribution is 2.48. The van der Waals surface area contributed by atoms with Gasteiger partial charge in [0.1, 0.15) is 5.71 Å². The number of nitrogens with zero attached hydrogens (tertiary/aromatic N) is 3. The van der Waals surface area contributed by atoms with Crippen molar-refractivity contribution in [1.82, 2.24) is 10.4 Å². The molecule has 0 saturated carbocycles. The number of hydrazone groups is 1. The fraction of sp³-hybridized carbons (Fsp3) is 0.562. The van der Waals surface area contributed by atoms with Crippen molar-refractivity contribution in [2.45, 2.75) is 77.8 Å². The first-order valence-corrected chi connectivity index (χ1v) is 18.1. The third kappa shape index (κ3) is 9.29. The number of carbonyl (C=O) groups excluding carboxylic acids is 1. The molecule has 1 fully saturated rings. The number of ether oxygens (including phenoxy) is 1. The predicted octanol–water partition coefficient (Wildman–Crippen LogP) is 7.98. The summed E-state index contributed by atoms with van der Waals surface area (Å²) in [7, 11) is -3.08. The van der Waals surface area contributed by atoms with E-state index in [0.717, 1.165) is 31.4 Å². The lowest BCUT2D eigenvalue weighted by atomic mass is 9.96. The number of rotatable bonds is 15. The minimum atomic E-state index is -3.08. The fourth-order valence-electron chi connectivity index (χ4n) is 5.55. The molecule has 2 aromatic rings. The summed E-state index contributed by atoms with van der Waals surface area (Å²) >= 11 is 12.8. The van der Waals surface area contributed by atoms with Crippen LogP contribution in [0.4, 0.5) is 5.69 Å². The van der Waals surface area contributed by atoms with Crippen molar-refractivity contribution in [3.8, 4) is 0 Å². The molecule has 2 aliphatic heterocycles. The number of hydrogen-bond donors (Lipinski definition) is 1. The van der Waals surface area contributed by atoms with Gasteiger partial charge in [-0.05, 0) is 68.4 Å². The van der Waals surface area contributed by atoms with Gasteiger partial charge in [-0.15, -0.1) is 0 Å². The van der Waals surface area contributed by atoms with Crippen molar-refractivity contribution in [3.05, 3.63) is 63.6 Å². The number of halogens is 2. The second-order valence-corrected chi connectivity index (χ2v) is 14.4. The van der Waals surface area contributed by atoms with Gasteiger partial charge in [0.05, 0.1) is 48.8 Å². The van der Waals surface area contributed by atoms with E-state index in [1.807, 2.05) is 16.1 Å². The molecule has 2 unspecified atom stereocenters. The van der Waals surface area contributed by atoms with Gasteiger partial charge in [0.25, 0.3) is 5.91 Å². The molecule has 44 heavy (non-hydrogen) atoms. The molecular weight excluding hydrogens is 622 g/mol. The first-order valence-electron chi connectivity index (χ1n) is 15.6. The van der Waals surface area contributed by atoms with Gasteiger partial charge in [-0.3, -0.25) is 19.8 Å². The van der Waals surface area contributed by atoms with E-state index in [1.165, 1.54) is 5.56 Å². The summed E-state index contributed by atoms with van der Waals surface area (Å²) in [5, 5.41) is 9.61. The largest absolute Gasteiger partial charge is 0.380 e. The maximum Gasteiger partial charge on any atom is 0.330 e. The minimum absolute atomic E-state index is 0.0291. The molecule has 0 aromatic heterocycles. The SMILES string of the molecule is CCOP(=O)(CCCOCC1CCCCN1NC(=O)C1=NN(c2ccc(Cl)cc2Cl)C(c2ccc(C(C)C)cc2)C1)OCC. The molecule has 2 aromatic carbocycles. The van der Waals surface area contributed by atoms with E-state index in [9.17, 15) is 9.36 Å². The van der Waals surface area contributed by atoms with Gasteiger partial charge in [0.15, 0.2) is 0 Å². The second-order valence-electron chi connectivity index (χ2n) is 11.4. The topological polar surface area (TPSA) is 92.7 Å². The molecule has 2 aliphatic rings. The summed E-state index contributed by atoms with van der Waals surface area (Å²) in [6.45, 7) is 10.2. The zero-order valence-corrected chi connectivity index (χ0v) is 28.5. The zero-order valence-electron chi connectivity index (χ0n) is 26.1. The number of anilines is 1. The summed E-state index contributed by atoms with van der Waals surface area (Å²) in [5.41, 5.74) is 6.54. The molecule has 1 saturated heterocycles. The third-order valence-electron chi connectivity index (χ3n) is 7.87. The average Bonchev–Trinajstić information content (AvgIpc) is 3.43. The number of hydrogen-bond acceptors (Lipinski definition) is 8. The predicted molar refractivity (Wildman–Crippen MR) is 178 cm³/mol. The van der Waals surface area contributed by atoms with Gasteiger partial charge in [0.2, 0.25) is 0 Å². The monoisotopic (exact) mass is 666 g/mol. The first-order chi connectivity index (χ1) is 21.1. The van der Waals surface area contributed by atoms with Gasteiger partial charge in [0, 0.05) is 24.6 Å². The van der Waals surface area contributed by atoms with Crippen molar-refractivity contribution < 1.29 is 23.1 Å². The Morgan fingerprint density at radius 2 is 1.82 bits per heavy atom. The Kier molecular flexibility index (Phi) is 13.1. The van der Waals surface area contributed by atoms with Gasteiger partial charge in [-0.25, -0.2) is 5.01 Å². The van der Waals surface area contributed by atoms with Gasteiger partial charge in [-0.2, -0.15) is 5.10 Å². The number of hydrazine groups is 1. The molecule has 0 aliphatic carbocycles. The number of nitrogens with one attached hydrogen (secondary N) is 1. The summed E-state index contributed by atoms with van der Waals surface area (Å²) in [6, 6.07) is 13.6. The lowest BCUT2D eigenvalue weighted by Gasteiger charge is -2.35. The van der Waals surface area contributed by atoms with E-state index in [1.54, 1.807) is 26.0 Å². The van der Waals surface area contributed by atoms with Crippen LogP contribution in [0.1, 0.15) is 82.9 Å². The van der Waals surface area contributed by atoms with E-state index in [0.29, 0.717) is 72.8 Å². The van der Waals surface area contributed by atoms with E-state index < -0.39 is 7.60 Å². The zero-order chi connectivity index (χ0) is 31.7.